The summed E-state index contributed by atoms with van der Waals surface area (Å²) in [5, 5.41) is 4.15. The van der Waals surface area contributed by atoms with E-state index in [-0.39, 0.29) is 11.9 Å². The maximum absolute atomic E-state index is 12.6. The van der Waals surface area contributed by atoms with Crippen LogP contribution < -0.4 is 10.1 Å². The number of para-hydroxylation sites is 1. The first-order valence-corrected chi connectivity index (χ1v) is 8.38. The highest BCUT2D eigenvalue weighted by atomic mass is 32.1. The fraction of sp³-hybridized carbons (Fsp3) is 0.412. The molecule has 1 aliphatic rings. The van der Waals surface area contributed by atoms with Crippen LogP contribution in [0, 0.1) is 6.92 Å². The topological polar surface area (TPSA) is 51.2 Å². The summed E-state index contributed by atoms with van der Waals surface area (Å²) in [4.78, 5) is 17.8. The van der Waals surface area contributed by atoms with Gasteiger partial charge in [-0.1, -0.05) is 32.0 Å². The molecule has 1 N–H and O–H groups in total. The smallest absolute Gasteiger partial charge is 0.263 e. The Morgan fingerprint density at radius 2 is 2.18 bits per heavy atom. The lowest BCUT2D eigenvalue weighted by molar-refractivity contribution is 0.0928. The van der Waals surface area contributed by atoms with Crippen LogP contribution in [0.25, 0.3) is 0 Å². The van der Waals surface area contributed by atoms with Crippen LogP contribution in [0.5, 0.6) is 5.75 Å². The minimum atomic E-state index is -0.0383. The van der Waals surface area contributed by atoms with Crippen LogP contribution in [0.4, 0.5) is 0 Å². The lowest BCUT2D eigenvalue weighted by Crippen LogP contribution is -2.32. The largest absolute Gasteiger partial charge is 0.493 e. The van der Waals surface area contributed by atoms with E-state index in [4.69, 9.17) is 4.74 Å². The average molecular weight is 316 g/mol. The van der Waals surface area contributed by atoms with Gasteiger partial charge in [0.2, 0.25) is 0 Å². The molecule has 116 valence electrons. The molecule has 0 spiro atoms. The van der Waals surface area contributed by atoms with Crippen LogP contribution in [0.1, 0.15) is 58.2 Å². The van der Waals surface area contributed by atoms with Crippen LogP contribution in [-0.4, -0.2) is 17.5 Å². The van der Waals surface area contributed by atoms with E-state index in [9.17, 15) is 4.79 Å². The van der Waals surface area contributed by atoms with E-state index in [2.05, 4.69) is 24.1 Å². The van der Waals surface area contributed by atoms with E-state index >= 15 is 0 Å². The number of carbonyl (C=O) groups excluding carboxylic acids is 1. The fourth-order valence-electron chi connectivity index (χ4n) is 2.59. The first-order chi connectivity index (χ1) is 10.6. The van der Waals surface area contributed by atoms with Crippen molar-refractivity contribution in [3.05, 3.63) is 45.4 Å². The molecule has 1 amide bonds. The van der Waals surface area contributed by atoms with E-state index < -0.39 is 0 Å². The minimum absolute atomic E-state index is 0.00134. The van der Waals surface area contributed by atoms with Gasteiger partial charge in [0.1, 0.15) is 10.6 Å². The molecule has 0 fully saturated rings. The van der Waals surface area contributed by atoms with Gasteiger partial charge < -0.3 is 10.1 Å². The Balaban J connectivity index is 1.81. The quantitative estimate of drug-likeness (QED) is 0.936. The molecule has 0 unspecified atom stereocenters. The number of nitrogens with one attached hydrogen (secondary N) is 1. The van der Waals surface area contributed by atoms with Crippen molar-refractivity contribution in [2.24, 2.45) is 0 Å². The normalized spacial score (nSPS) is 17.0. The number of aromatic nitrogens is 1. The van der Waals surface area contributed by atoms with Gasteiger partial charge in [-0.25, -0.2) is 4.98 Å². The molecule has 0 bridgehead atoms. The van der Waals surface area contributed by atoms with Crippen molar-refractivity contribution < 1.29 is 9.53 Å². The van der Waals surface area contributed by atoms with Crippen LogP contribution in [0.2, 0.25) is 0 Å². The summed E-state index contributed by atoms with van der Waals surface area (Å²) >= 11 is 1.49. The van der Waals surface area contributed by atoms with E-state index in [1.54, 1.807) is 0 Å². The third-order valence-corrected chi connectivity index (χ3v) is 5.23. The predicted octanol–water partition coefficient (Wildman–Crippen LogP) is 3.83. The Morgan fingerprint density at radius 3 is 2.91 bits per heavy atom. The zero-order valence-corrected chi connectivity index (χ0v) is 13.9. The predicted molar refractivity (Wildman–Crippen MR) is 87.7 cm³/mol. The second kappa shape index (κ2) is 6.08. The van der Waals surface area contributed by atoms with Crippen molar-refractivity contribution in [2.75, 3.05) is 6.61 Å². The van der Waals surface area contributed by atoms with E-state index in [0.29, 0.717) is 17.4 Å². The molecule has 0 radical (unpaired) electrons. The molecule has 1 atom stereocenters. The Hall–Kier alpha value is -1.88. The van der Waals surface area contributed by atoms with Gasteiger partial charge in [-0.05, 0) is 13.0 Å². The molecule has 2 aromatic rings. The number of hydrogen-bond acceptors (Lipinski definition) is 4. The molecule has 22 heavy (non-hydrogen) atoms. The number of amides is 1. The van der Waals surface area contributed by atoms with Crippen LogP contribution in [0.15, 0.2) is 24.3 Å². The molecule has 4 nitrogen and oxygen atoms in total. The standard InChI is InChI=1S/C17H20N2O2S/c1-10(2)17-18-11(3)15(22-17)16(20)19-13-8-9-21-14-7-5-4-6-12(13)14/h4-7,10,13H,8-9H2,1-3H3,(H,19,20)/t13-/m0/s1. The van der Waals surface area contributed by atoms with Gasteiger partial charge >= 0.3 is 0 Å². The molecule has 1 aliphatic heterocycles. The SMILES string of the molecule is Cc1nc(C(C)C)sc1C(=O)N[C@H]1CCOc2ccccc21. The monoisotopic (exact) mass is 316 g/mol. The molecule has 1 aromatic carbocycles. The summed E-state index contributed by atoms with van der Waals surface area (Å²) in [5.41, 5.74) is 1.86. The number of thiazole rings is 1. The van der Waals surface area contributed by atoms with E-state index in [1.165, 1.54) is 11.3 Å². The highest BCUT2D eigenvalue weighted by molar-refractivity contribution is 7.13. The second-order valence-corrected chi connectivity index (χ2v) is 6.85. The molecule has 1 aromatic heterocycles. The summed E-state index contributed by atoms with van der Waals surface area (Å²) in [6, 6.07) is 7.88. The third-order valence-electron chi connectivity index (χ3n) is 3.78. The van der Waals surface area contributed by atoms with Crippen molar-refractivity contribution in [1.29, 1.82) is 0 Å². The number of benzene rings is 1. The van der Waals surface area contributed by atoms with Crippen LogP contribution >= 0.6 is 11.3 Å². The molecule has 3 rings (SSSR count). The van der Waals surface area contributed by atoms with Gasteiger partial charge in [-0.3, -0.25) is 4.79 Å². The van der Waals surface area contributed by atoms with E-state index in [0.717, 1.165) is 28.4 Å². The van der Waals surface area contributed by atoms with Crippen molar-refractivity contribution in [2.45, 2.75) is 39.2 Å². The number of carbonyl (C=O) groups is 1. The third kappa shape index (κ3) is 2.86. The highest BCUT2D eigenvalue weighted by Crippen LogP contribution is 2.32. The maximum Gasteiger partial charge on any atom is 0.263 e. The number of rotatable bonds is 3. The molecular weight excluding hydrogens is 296 g/mol. The van der Waals surface area contributed by atoms with Crippen molar-refractivity contribution >= 4 is 17.2 Å². The summed E-state index contributed by atoms with van der Waals surface area (Å²) in [6.07, 6.45) is 0.789. The van der Waals surface area contributed by atoms with Gasteiger partial charge in [-0.15, -0.1) is 11.3 Å². The van der Waals surface area contributed by atoms with Crippen LogP contribution in [-0.2, 0) is 0 Å². The number of fused-ring (bicyclic) bond motifs is 1. The second-order valence-electron chi connectivity index (χ2n) is 5.82. The molecular formula is C17H20N2O2S. The first kappa shape index (κ1) is 15.0. The first-order valence-electron chi connectivity index (χ1n) is 7.56. The van der Waals surface area contributed by atoms with Crippen molar-refractivity contribution in [1.82, 2.24) is 10.3 Å². The lowest BCUT2D eigenvalue weighted by atomic mass is 10.0. The van der Waals surface area contributed by atoms with Gasteiger partial charge in [0.25, 0.3) is 5.91 Å². The molecule has 2 heterocycles. The van der Waals surface area contributed by atoms with Gasteiger partial charge in [0.15, 0.2) is 0 Å². The van der Waals surface area contributed by atoms with E-state index in [1.807, 2.05) is 31.2 Å². The Morgan fingerprint density at radius 1 is 1.41 bits per heavy atom. The molecule has 0 saturated heterocycles. The molecule has 5 heteroatoms. The maximum atomic E-state index is 12.6. The summed E-state index contributed by atoms with van der Waals surface area (Å²) in [5.74, 6) is 1.17. The highest BCUT2D eigenvalue weighted by Gasteiger charge is 2.25. The minimum Gasteiger partial charge on any atom is -0.493 e. The van der Waals surface area contributed by atoms with Gasteiger partial charge in [0, 0.05) is 17.9 Å². The lowest BCUT2D eigenvalue weighted by Gasteiger charge is -2.26. The Labute approximate surface area is 134 Å². The van der Waals surface area contributed by atoms with Crippen molar-refractivity contribution in [3.8, 4) is 5.75 Å². The zero-order chi connectivity index (χ0) is 15.7. The average Bonchev–Trinajstić information content (AvgIpc) is 2.90. The number of aryl methyl sites for hydroxylation is 1. The summed E-state index contributed by atoms with van der Waals surface area (Å²) in [6.45, 7) is 6.71. The molecule has 0 aliphatic carbocycles. The number of hydrogen-bond donors (Lipinski definition) is 1. The zero-order valence-electron chi connectivity index (χ0n) is 13.1. The summed E-state index contributed by atoms with van der Waals surface area (Å²) < 4.78 is 5.64. The fourth-order valence-corrected chi connectivity index (χ4v) is 3.56. The summed E-state index contributed by atoms with van der Waals surface area (Å²) in [7, 11) is 0. The van der Waals surface area contributed by atoms with Gasteiger partial charge in [0.05, 0.1) is 23.4 Å². The van der Waals surface area contributed by atoms with Crippen LogP contribution in [0.3, 0.4) is 0 Å². The van der Waals surface area contributed by atoms with Gasteiger partial charge in [-0.2, -0.15) is 0 Å². The number of ether oxygens (including phenoxy) is 1. The van der Waals surface area contributed by atoms with Crippen molar-refractivity contribution in [3.63, 3.8) is 0 Å². The number of nitrogens with zero attached hydrogens (tertiary/aromatic N) is 1. The Kier molecular flexibility index (Phi) is 4.16. The molecule has 0 saturated carbocycles. The Bertz CT molecular complexity index is 694.